The van der Waals surface area contributed by atoms with Gasteiger partial charge in [0.05, 0.1) is 136 Å². The van der Waals surface area contributed by atoms with E-state index in [9.17, 15) is 0 Å². The third kappa shape index (κ3) is 9.45. The molecule has 0 unspecified atom stereocenters. The predicted octanol–water partition coefficient (Wildman–Crippen LogP) is 9.31. The average molecular weight is 1160 g/mol. The van der Waals surface area contributed by atoms with E-state index in [-0.39, 0.29) is 0 Å². The van der Waals surface area contributed by atoms with Gasteiger partial charge >= 0.3 is 0 Å². The molecule has 4 N–H and O–H groups in total. The monoisotopic (exact) mass is 1160 g/mol. The third-order valence-corrected chi connectivity index (χ3v) is 16.3. The van der Waals surface area contributed by atoms with Gasteiger partial charge in [0.15, 0.2) is 0 Å². The first-order valence-electron chi connectivity index (χ1n) is 29.0. The molecule has 1 aromatic carbocycles. The van der Waals surface area contributed by atoms with Gasteiger partial charge in [0, 0.05) is 213 Å². The molecular weight excluding hydrogens is 1070 g/mol. The largest absolute Gasteiger partial charge is 0.374 e. The molecule has 11 rings (SSSR count). The average Bonchev–Trinajstić information content (AvgIpc) is 1.67. The first-order valence-corrected chi connectivity index (χ1v) is 29.0. The van der Waals surface area contributed by atoms with E-state index < -0.39 is 0 Å². The molecule has 20 nitrogen and oxygen atoms in total. The van der Waals surface area contributed by atoms with Crippen LogP contribution in [-0.4, -0.2) is 248 Å². The van der Waals surface area contributed by atoms with Crippen molar-refractivity contribution in [1.29, 1.82) is 0 Å². The standard InChI is InChI=1S/C66H86N20/c1-75(2)55-43-27-39-35-25-37-38(26-36(35)40(67-39)28-44-56(76(3)4)60(80(11)12)48(70-44)32-52-64(84(19)20)63(83(17)18)51(73-52)31-47(69-43)59(55)79(9)10)42-30-46-58(78(7)8)62(82(15)16)50(72-46)34-54-66(86(23)24)65(85(21)22)53(74-54)33-49-61(81(13)14)57(77(5)6)45(71-49)29-41(37)68-42/h25-34,67-68,73-74H,1-24H3. The van der Waals surface area contributed by atoms with Gasteiger partial charge < -0.3 is 78.7 Å². The van der Waals surface area contributed by atoms with Gasteiger partial charge in [0.25, 0.3) is 0 Å². The Kier molecular flexibility index (Phi) is 14.4. The highest BCUT2D eigenvalue weighted by molar-refractivity contribution is 6.20. The van der Waals surface area contributed by atoms with Crippen LogP contribution in [0.3, 0.4) is 0 Å². The minimum absolute atomic E-state index is 0.831. The number of nitrogens with zero attached hydrogens (tertiary/aromatic N) is 16. The summed E-state index contributed by atoms with van der Waals surface area (Å²) >= 11 is 0. The normalized spacial score (nSPS) is 13.4. The summed E-state index contributed by atoms with van der Waals surface area (Å²) in [5.74, 6) is 0. The van der Waals surface area contributed by atoms with Crippen LogP contribution in [0, 0.1) is 0 Å². The second-order valence-electron chi connectivity index (χ2n) is 25.4. The fourth-order valence-electron chi connectivity index (χ4n) is 13.1. The van der Waals surface area contributed by atoms with Crippen LogP contribution in [0.25, 0.3) is 111 Å². The summed E-state index contributed by atoms with van der Waals surface area (Å²) in [6.45, 7) is 0. The van der Waals surface area contributed by atoms with Crippen molar-refractivity contribution in [2.24, 2.45) is 0 Å². The molecule has 0 amide bonds. The Balaban J connectivity index is 1.38. The Morgan fingerprint density at radius 1 is 0.186 bits per heavy atom. The number of fused-ring (bicyclic) bond motifs is 22. The van der Waals surface area contributed by atoms with Crippen LogP contribution in [0.15, 0.2) is 60.7 Å². The second kappa shape index (κ2) is 21.2. The second-order valence-corrected chi connectivity index (χ2v) is 25.4. The first-order chi connectivity index (χ1) is 40.6. The maximum absolute atomic E-state index is 5.58. The van der Waals surface area contributed by atoms with Crippen molar-refractivity contribution in [2.45, 2.75) is 0 Å². The van der Waals surface area contributed by atoms with E-state index in [1.54, 1.807) is 0 Å². The smallest absolute Gasteiger partial charge is 0.0914 e. The van der Waals surface area contributed by atoms with Gasteiger partial charge in [-0.3, -0.25) is 0 Å². The molecule has 0 saturated carbocycles. The van der Waals surface area contributed by atoms with Gasteiger partial charge in [0.2, 0.25) is 0 Å². The molecule has 20 heteroatoms. The van der Waals surface area contributed by atoms with E-state index in [0.29, 0.717) is 0 Å². The molecule has 0 radical (unpaired) electrons. The lowest BCUT2D eigenvalue weighted by atomic mass is 10.1. The van der Waals surface area contributed by atoms with Crippen molar-refractivity contribution >= 4 is 134 Å². The van der Waals surface area contributed by atoms with Crippen LogP contribution >= 0.6 is 0 Å². The molecule has 0 atom stereocenters. The summed E-state index contributed by atoms with van der Waals surface area (Å²) in [7, 11) is 50.4. The number of hydrogen-bond acceptors (Lipinski definition) is 16. The molecule has 450 valence electrons. The van der Waals surface area contributed by atoms with Gasteiger partial charge in [-0.2, -0.15) is 0 Å². The quantitative estimate of drug-likeness (QED) is 0.0919. The lowest BCUT2D eigenvalue weighted by Crippen LogP contribution is -2.17. The summed E-state index contributed by atoms with van der Waals surface area (Å²) in [6.07, 6.45) is 0. The lowest BCUT2D eigenvalue weighted by molar-refractivity contribution is 0.556. The third-order valence-electron chi connectivity index (χ3n) is 16.3. The Morgan fingerprint density at radius 2 is 0.326 bits per heavy atom. The highest BCUT2D eigenvalue weighted by atomic mass is 15.2. The molecule has 0 aliphatic carbocycles. The van der Waals surface area contributed by atoms with Crippen molar-refractivity contribution < 1.29 is 0 Å². The highest BCUT2D eigenvalue weighted by Crippen LogP contribution is 2.45. The predicted molar refractivity (Wildman–Crippen MR) is 365 cm³/mol. The molecule has 0 spiro atoms. The van der Waals surface area contributed by atoms with Gasteiger partial charge in [-0.25, -0.2) is 19.9 Å². The number of H-pyrrole nitrogens is 4. The summed E-state index contributed by atoms with van der Waals surface area (Å²) < 4.78 is 0. The van der Waals surface area contributed by atoms with E-state index >= 15 is 0 Å². The number of aromatic amines is 4. The highest BCUT2D eigenvalue weighted by Gasteiger charge is 2.31. The Bertz CT molecular complexity index is 3890. The number of benzene rings is 1. The molecule has 86 heavy (non-hydrogen) atoms. The first kappa shape index (κ1) is 58.3. The van der Waals surface area contributed by atoms with Gasteiger partial charge in [0.1, 0.15) is 0 Å². The lowest BCUT2D eigenvalue weighted by Gasteiger charge is -2.22. The number of rotatable bonds is 12. The van der Waals surface area contributed by atoms with Crippen LogP contribution in [0.1, 0.15) is 45.6 Å². The topological polar surface area (TPSA) is 154 Å². The van der Waals surface area contributed by atoms with Crippen molar-refractivity contribution in [2.75, 3.05) is 189 Å². The number of hydrogen-bond donors (Lipinski definition) is 4. The van der Waals surface area contributed by atoms with Crippen LogP contribution in [-0.2, 0) is 0 Å². The SMILES string of the molecule is CN(C)C1=C(N(C)C)c2cc3[nH]c(cc4nc(cc5[nH]c(cc1n2)c(N(C)C)c5N(C)C)C(N(C)C)=C4N(C)C)c1cc2c4cc5nc(cc6[nH]c(cc7nc(cc([nH]4)c2cc31)C(N(C)C)=C7N(C)C)c(N(C)C)c6N(C)C)C(N(C)C)=C5N(C)C. The van der Waals surface area contributed by atoms with E-state index in [1.807, 2.05) is 0 Å². The summed E-state index contributed by atoms with van der Waals surface area (Å²) in [5.41, 5.74) is 26.3. The molecular formula is C66H86N20. The number of aromatic nitrogens is 8. The van der Waals surface area contributed by atoms with Crippen molar-refractivity contribution in [3.63, 3.8) is 0 Å². The van der Waals surface area contributed by atoms with Gasteiger partial charge in [-0.15, -0.1) is 0 Å². The fourth-order valence-corrected chi connectivity index (χ4v) is 13.1. The molecule has 0 fully saturated rings. The summed E-state index contributed by atoms with van der Waals surface area (Å²) in [5, 5.41) is 4.09. The van der Waals surface area contributed by atoms with Crippen molar-refractivity contribution in [1.82, 2.24) is 79.1 Å². The maximum Gasteiger partial charge on any atom is 0.0914 e. The zero-order valence-electron chi connectivity index (χ0n) is 54.9. The zero-order chi connectivity index (χ0) is 62.1. The Labute approximate surface area is 505 Å². The summed E-state index contributed by atoms with van der Waals surface area (Å²) in [6, 6.07) is 22.3. The van der Waals surface area contributed by atoms with Gasteiger partial charge in [-0.1, -0.05) is 0 Å². The molecule has 10 heterocycles. The van der Waals surface area contributed by atoms with Crippen molar-refractivity contribution in [3.05, 3.63) is 106 Å². The molecule has 0 saturated heterocycles. The van der Waals surface area contributed by atoms with E-state index in [0.717, 1.165) is 180 Å². The van der Waals surface area contributed by atoms with Crippen LogP contribution < -0.4 is 19.6 Å². The summed E-state index contributed by atoms with van der Waals surface area (Å²) in [4.78, 5) is 64.2. The minimum atomic E-state index is 0.831. The number of nitrogens with one attached hydrogen (secondary N) is 4. The molecule has 4 aliphatic rings. The van der Waals surface area contributed by atoms with Gasteiger partial charge in [-0.05, 0) is 60.7 Å². The van der Waals surface area contributed by atoms with Crippen LogP contribution in [0.4, 0.5) is 22.7 Å². The maximum atomic E-state index is 5.58. The van der Waals surface area contributed by atoms with E-state index in [2.05, 4.69) is 309 Å². The van der Waals surface area contributed by atoms with Crippen molar-refractivity contribution in [3.8, 4) is 0 Å². The van der Waals surface area contributed by atoms with E-state index in [1.165, 1.54) is 0 Å². The molecule has 6 aromatic heterocycles. The molecule has 16 bridgehead atoms. The Morgan fingerprint density at radius 3 is 0.465 bits per heavy atom. The molecule has 7 aromatic rings. The zero-order valence-corrected chi connectivity index (χ0v) is 54.9. The Hall–Kier alpha value is -9.46. The molecule has 4 aliphatic heterocycles. The fraction of sp³-hybridized carbons (Fsp3) is 0.364. The number of anilines is 4. The van der Waals surface area contributed by atoms with E-state index in [4.69, 9.17) is 19.9 Å². The van der Waals surface area contributed by atoms with Crippen LogP contribution in [0.5, 0.6) is 0 Å². The minimum Gasteiger partial charge on any atom is -0.374 e. The van der Waals surface area contributed by atoms with Crippen LogP contribution in [0.2, 0.25) is 0 Å².